The molecule has 0 spiro atoms. The number of fused-ring (bicyclic) bond motifs is 2. The van der Waals surface area contributed by atoms with Gasteiger partial charge in [0.2, 0.25) is 0 Å². The third kappa shape index (κ3) is 23.8. The van der Waals surface area contributed by atoms with Crippen LogP contribution in [-0.4, -0.2) is 74.8 Å². The van der Waals surface area contributed by atoms with E-state index in [0.29, 0.717) is 12.8 Å². The molecule has 0 unspecified atom stereocenters. The van der Waals surface area contributed by atoms with Crippen molar-refractivity contribution in [1.82, 2.24) is 0 Å². The number of aryl methyl sites for hydroxylation is 4. The van der Waals surface area contributed by atoms with Gasteiger partial charge < -0.3 is 9.11 Å². The first kappa shape index (κ1) is 59.9. The Balaban J connectivity index is 0.000000440. The number of rotatable bonds is 34. The summed E-state index contributed by atoms with van der Waals surface area (Å²) in [7, 11) is -8.95. The van der Waals surface area contributed by atoms with E-state index in [0.717, 1.165) is 84.0 Å². The smallest absolute Gasteiger partial charge is 0.744 e. The van der Waals surface area contributed by atoms with Gasteiger partial charge in [0.1, 0.15) is 20.2 Å². The quantitative estimate of drug-likeness (QED) is 0.0261. The summed E-state index contributed by atoms with van der Waals surface area (Å²) >= 11 is 0. The molecule has 0 saturated heterocycles. The van der Waals surface area contributed by atoms with Crippen LogP contribution in [0.5, 0.6) is 0 Å². The Morgan fingerprint density at radius 3 is 0.862 bits per heavy atom. The first-order valence-corrected chi connectivity index (χ1v) is 28.8. The Labute approximate surface area is 438 Å². The van der Waals surface area contributed by atoms with Crippen molar-refractivity contribution in [2.75, 3.05) is 0 Å². The summed E-state index contributed by atoms with van der Waals surface area (Å²) in [6.45, 7) is 8.91. The van der Waals surface area contributed by atoms with Crippen molar-refractivity contribution in [3.8, 4) is 0 Å². The van der Waals surface area contributed by atoms with Gasteiger partial charge in [-0.2, -0.15) is 0 Å². The zero-order chi connectivity index (χ0) is 46.5. The Hall–Kier alpha value is -1.21. The minimum atomic E-state index is -4.47. The molecule has 0 amide bonds. The van der Waals surface area contributed by atoms with Crippen LogP contribution in [0.2, 0.25) is 0 Å². The molecule has 360 valence electrons. The fraction of sp³-hybridized carbons (Fsp3) is 0.643. The first-order valence-electron chi connectivity index (χ1n) is 25.9. The summed E-state index contributed by atoms with van der Waals surface area (Å²) in [5, 5.41) is 3.96. The molecule has 0 radical (unpaired) electrons. The molecule has 4 aromatic rings. The maximum atomic E-state index is 12.0. The predicted octanol–water partition coefficient (Wildman–Crippen LogP) is 16.3. The van der Waals surface area contributed by atoms with E-state index in [-0.39, 0.29) is 58.7 Å². The molecule has 0 aliphatic carbocycles. The second-order valence-corrected chi connectivity index (χ2v) is 21.3. The van der Waals surface area contributed by atoms with Crippen LogP contribution in [0.25, 0.3) is 21.5 Å². The van der Waals surface area contributed by atoms with Crippen molar-refractivity contribution < 1.29 is 25.9 Å². The number of hydrogen-bond acceptors (Lipinski definition) is 6. The fourth-order valence-electron chi connectivity index (χ4n) is 9.20. The monoisotopic (exact) mass is 1060 g/mol. The maximum absolute atomic E-state index is 12.0. The summed E-state index contributed by atoms with van der Waals surface area (Å²) in [6.07, 6.45) is 37.6. The predicted molar refractivity (Wildman–Crippen MR) is 276 cm³/mol. The molecule has 4 rings (SSSR count). The molecule has 9 heteroatoms. The molecule has 0 aliphatic rings. The fourth-order valence-corrected chi connectivity index (χ4v) is 10.7. The molecule has 4 aromatic carbocycles. The SMILES string of the molecule is CCCCCCCCCc1ccc2ccc(S(=O)(=O)[O-])c(CCCCCCCCC)c2c1.CCCCCCCCCc1ccc2ccc(S(=O)(=O)[O-])c(CCCCCCCCC)c2c1.[Ba+2]. The molecule has 6 nitrogen and oxygen atoms in total. The Morgan fingerprint density at radius 2 is 0.585 bits per heavy atom. The largest absolute Gasteiger partial charge is 2.00 e. The average Bonchev–Trinajstić information content (AvgIpc) is 3.27. The molecular formula is C56H86BaO6S2. The zero-order valence-electron chi connectivity index (χ0n) is 41.4. The number of benzene rings is 4. The molecule has 0 N–H and O–H groups in total. The van der Waals surface area contributed by atoms with E-state index < -0.39 is 20.2 Å². The molecule has 0 aromatic heterocycles. The van der Waals surface area contributed by atoms with Crippen LogP contribution < -0.4 is 0 Å². The van der Waals surface area contributed by atoms with Crippen LogP contribution in [0.1, 0.15) is 230 Å². The van der Waals surface area contributed by atoms with E-state index in [2.05, 4.69) is 64.1 Å². The Bertz CT molecular complexity index is 1960. The first-order chi connectivity index (χ1) is 30.9. The number of unbranched alkanes of at least 4 members (excludes halogenated alkanes) is 24. The minimum absolute atomic E-state index is 0. The molecule has 0 saturated carbocycles. The second kappa shape index (κ2) is 35.0. The van der Waals surface area contributed by atoms with Crippen LogP contribution in [-0.2, 0) is 45.9 Å². The zero-order valence-corrected chi connectivity index (χ0v) is 47.4. The average molecular weight is 1060 g/mol. The third-order valence-electron chi connectivity index (χ3n) is 13.0. The van der Waals surface area contributed by atoms with Crippen LogP contribution >= 0.6 is 0 Å². The van der Waals surface area contributed by atoms with Gasteiger partial charge in [-0.05, 0) is 107 Å². The summed E-state index contributed by atoms with van der Waals surface area (Å²) in [5.41, 5.74) is 3.94. The van der Waals surface area contributed by atoms with Gasteiger partial charge in [-0.3, -0.25) is 0 Å². The van der Waals surface area contributed by atoms with E-state index >= 15 is 0 Å². The van der Waals surface area contributed by atoms with Gasteiger partial charge >= 0.3 is 48.9 Å². The van der Waals surface area contributed by atoms with Gasteiger partial charge in [0, 0.05) is 0 Å². The second-order valence-electron chi connectivity index (χ2n) is 18.6. The maximum Gasteiger partial charge on any atom is 2.00 e. The van der Waals surface area contributed by atoms with Gasteiger partial charge in [0.15, 0.2) is 0 Å². The van der Waals surface area contributed by atoms with Gasteiger partial charge in [0.25, 0.3) is 0 Å². The van der Waals surface area contributed by atoms with Gasteiger partial charge in [-0.25, -0.2) is 16.8 Å². The minimum Gasteiger partial charge on any atom is -0.744 e. The number of hydrogen-bond donors (Lipinski definition) is 0. The molecule has 0 atom stereocenters. The molecule has 0 bridgehead atoms. The Kier molecular flexibility index (Phi) is 32.2. The van der Waals surface area contributed by atoms with Gasteiger partial charge in [-0.15, -0.1) is 0 Å². The van der Waals surface area contributed by atoms with Crippen LogP contribution in [0.15, 0.2) is 70.5 Å². The van der Waals surface area contributed by atoms with Gasteiger partial charge in [-0.1, -0.05) is 230 Å². The normalized spacial score (nSPS) is 11.8. The van der Waals surface area contributed by atoms with E-state index in [1.54, 1.807) is 12.1 Å². The van der Waals surface area contributed by atoms with E-state index in [1.165, 1.54) is 165 Å². The van der Waals surface area contributed by atoms with Crippen molar-refractivity contribution in [3.05, 3.63) is 82.9 Å². The topological polar surface area (TPSA) is 114 Å². The van der Waals surface area contributed by atoms with Crippen molar-refractivity contribution in [1.29, 1.82) is 0 Å². The summed E-state index contributed by atoms with van der Waals surface area (Å²) in [6, 6.07) is 19.3. The van der Waals surface area contributed by atoms with E-state index in [9.17, 15) is 25.9 Å². The van der Waals surface area contributed by atoms with Crippen molar-refractivity contribution >= 4 is 90.7 Å². The molecule has 0 aliphatic heterocycles. The molecule has 65 heavy (non-hydrogen) atoms. The molecule has 0 fully saturated rings. The summed E-state index contributed by atoms with van der Waals surface area (Å²) in [5.74, 6) is 0. The van der Waals surface area contributed by atoms with Crippen LogP contribution in [0, 0.1) is 0 Å². The van der Waals surface area contributed by atoms with Gasteiger partial charge in [0.05, 0.1) is 9.79 Å². The molecule has 0 heterocycles. The summed E-state index contributed by atoms with van der Waals surface area (Å²) in [4.78, 5) is -0.0480. The van der Waals surface area contributed by atoms with Crippen molar-refractivity contribution in [3.63, 3.8) is 0 Å². The van der Waals surface area contributed by atoms with Crippen LogP contribution in [0.4, 0.5) is 0 Å². The van der Waals surface area contributed by atoms with Crippen molar-refractivity contribution in [2.24, 2.45) is 0 Å². The Morgan fingerprint density at radius 1 is 0.338 bits per heavy atom. The summed E-state index contributed by atoms with van der Waals surface area (Å²) < 4.78 is 71.7. The van der Waals surface area contributed by atoms with Crippen LogP contribution in [0.3, 0.4) is 0 Å². The third-order valence-corrected chi connectivity index (χ3v) is 14.9. The van der Waals surface area contributed by atoms with Crippen molar-refractivity contribution in [2.45, 2.75) is 243 Å². The van der Waals surface area contributed by atoms with E-state index in [4.69, 9.17) is 0 Å². The van der Waals surface area contributed by atoms with E-state index in [1.807, 2.05) is 0 Å². The standard InChI is InChI=1S/2C28H44O3S.Ba/c2*1-3-5-7-9-11-13-15-17-24-19-20-25-21-22-28(32(29,30)31)26(27(25)23-24)18-16-14-12-10-8-6-4-2;/h2*19-23H,3-18H2,1-2H3,(H,29,30,31);/q;;+2/p-2. The molecular weight excluding hydrogens is 970 g/mol.